The number of amides is 1. The first kappa shape index (κ1) is 20.7. The lowest BCUT2D eigenvalue weighted by molar-refractivity contribution is 0.0731. The first-order chi connectivity index (χ1) is 14.7. The number of carbonyl (C=O) groups is 1. The third-order valence-corrected chi connectivity index (χ3v) is 9.29. The molecule has 2 saturated carbocycles. The Morgan fingerprint density at radius 2 is 1.81 bits per heavy atom. The van der Waals surface area contributed by atoms with Gasteiger partial charge in [0.1, 0.15) is 0 Å². The van der Waals surface area contributed by atoms with Gasteiger partial charge in [-0.1, -0.05) is 36.4 Å². The molecule has 7 heteroatoms. The molecule has 1 aliphatic heterocycles. The van der Waals surface area contributed by atoms with Gasteiger partial charge in [0.25, 0.3) is 5.91 Å². The summed E-state index contributed by atoms with van der Waals surface area (Å²) in [6, 6.07) is 15.5. The Kier molecular flexibility index (Phi) is 4.77. The average Bonchev–Trinajstić information content (AvgIpc) is 3.38. The van der Waals surface area contributed by atoms with Crippen LogP contribution in [0.1, 0.15) is 42.6 Å². The summed E-state index contributed by atoms with van der Waals surface area (Å²) < 4.78 is 28.4. The quantitative estimate of drug-likeness (QED) is 0.749. The van der Waals surface area contributed by atoms with Crippen LogP contribution in [0.4, 0.5) is 0 Å². The van der Waals surface area contributed by atoms with E-state index in [9.17, 15) is 18.3 Å². The second-order valence-corrected chi connectivity index (χ2v) is 11.6. The molecule has 2 aliphatic carbocycles. The molecular weight excluding hydrogens is 412 g/mol. The van der Waals surface area contributed by atoms with Crippen molar-refractivity contribution in [1.29, 1.82) is 0 Å². The van der Waals surface area contributed by atoms with E-state index in [1.54, 1.807) is 12.1 Å². The van der Waals surface area contributed by atoms with Crippen LogP contribution in [-0.2, 0) is 15.6 Å². The molecule has 3 aliphatic rings. The number of nitrogens with one attached hydrogen (secondary N) is 1. The standard InChI is InChI=1S/C24H28N2O4S/c1-24(2,18-8-4-3-5-9-18)25-23(28)15-7-6-10-19(12-15)31(29,30)26-14-17-11-16-13-20(17)21(26)22(16)27/h3-10,12,16-17,20-22,27H,11,13-14H2,1-2H3,(H,25,28)/t16-,17-,20+,21-,22-/m0/s1. The van der Waals surface area contributed by atoms with Gasteiger partial charge in [0, 0.05) is 12.1 Å². The molecule has 5 atom stereocenters. The Morgan fingerprint density at radius 1 is 1.06 bits per heavy atom. The van der Waals surface area contributed by atoms with Crippen molar-refractivity contribution in [1.82, 2.24) is 9.62 Å². The zero-order valence-electron chi connectivity index (χ0n) is 17.7. The summed E-state index contributed by atoms with van der Waals surface area (Å²) in [4.78, 5) is 13.1. The summed E-state index contributed by atoms with van der Waals surface area (Å²) >= 11 is 0. The zero-order valence-corrected chi connectivity index (χ0v) is 18.5. The predicted molar refractivity (Wildman–Crippen MR) is 117 cm³/mol. The Hall–Kier alpha value is -2.22. The molecule has 2 aromatic carbocycles. The maximum absolute atomic E-state index is 13.5. The molecule has 3 fully saturated rings. The van der Waals surface area contributed by atoms with Crippen LogP contribution in [0, 0.1) is 17.8 Å². The van der Waals surface area contributed by atoms with E-state index in [1.807, 2.05) is 44.2 Å². The number of nitrogens with zero attached hydrogens (tertiary/aromatic N) is 1. The number of rotatable bonds is 5. The van der Waals surface area contributed by atoms with E-state index in [0.717, 1.165) is 18.4 Å². The first-order valence-electron chi connectivity index (χ1n) is 10.9. The molecule has 0 aromatic heterocycles. The van der Waals surface area contributed by atoms with Gasteiger partial charge in [-0.25, -0.2) is 8.42 Å². The van der Waals surface area contributed by atoms with Crippen molar-refractivity contribution in [2.75, 3.05) is 6.54 Å². The highest BCUT2D eigenvalue weighted by molar-refractivity contribution is 7.89. The maximum Gasteiger partial charge on any atom is 0.251 e. The van der Waals surface area contributed by atoms with E-state index in [0.29, 0.717) is 18.0 Å². The molecule has 0 radical (unpaired) electrons. The molecular formula is C24H28N2O4S. The van der Waals surface area contributed by atoms with E-state index >= 15 is 0 Å². The van der Waals surface area contributed by atoms with Crippen LogP contribution in [-0.4, -0.2) is 42.4 Å². The second kappa shape index (κ2) is 7.15. The highest BCUT2D eigenvalue weighted by atomic mass is 32.2. The maximum atomic E-state index is 13.5. The fourth-order valence-corrected chi connectivity index (χ4v) is 7.64. The topological polar surface area (TPSA) is 86.7 Å². The van der Waals surface area contributed by atoms with Crippen molar-refractivity contribution in [3.63, 3.8) is 0 Å². The highest BCUT2D eigenvalue weighted by Gasteiger charge is 2.61. The van der Waals surface area contributed by atoms with Crippen LogP contribution in [0.5, 0.6) is 0 Å². The fourth-order valence-electron chi connectivity index (χ4n) is 5.85. The highest BCUT2D eigenvalue weighted by Crippen LogP contribution is 2.56. The molecule has 1 saturated heterocycles. The molecule has 1 amide bonds. The van der Waals surface area contributed by atoms with Crippen molar-refractivity contribution < 1.29 is 18.3 Å². The average molecular weight is 441 g/mol. The lowest BCUT2D eigenvalue weighted by Gasteiger charge is -2.28. The van der Waals surface area contributed by atoms with Crippen molar-refractivity contribution in [3.8, 4) is 0 Å². The largest absolute Gasteiger partial charge is 0.391 e. The van der Waals surface area contributed by atoms with Crippen LogP contribution in [0.2, 0.25) is 0 Å². The molecule has 5 rings (SSSR count). The number of aliphatic hydroxyl groups excluding tert-OH is 1. The third-order valence-electron chi connectivity index (χ3n) is 7.43. The summed E-state index contributed by atoms with van der Waals surface area (Å²) in [5.74, 6) is 0.491. The van der Waals surface area contributed by atoms with E-state index in [2.05, 4.69) is 5.32 Å². The zero-order chi connectivity index (χ0) is 22.0. The monoisotopic (exact) mass is 440 g/mol. The second-order valence-electron chi connectivity index (χ2n) is 9.68. The van der Waals surface area contributed by atoms with Crippen LogP contribution in [0.3, 0.4) is 0 Å². The molecule has 0 spiro atoms. The van der Waals surface area contributed by atoms with Crippen molar-refractivity contribution in [3.05, 3.63) is 65.7 Å². The van der Waals surface area contributed by atoms with Crippen LogP contribution < -0.4 is 5.32 Å². The van der Waals surface area contributed by atoms with Gasteiger partial charge in [0.05, 0.1) is 22.6 Å². The van der Waals surface area contributed by atoms with Crippen LogP contribution in [0.25, 0.3) is 0 Å². The molecule has 2 aromatic rings. The Bertz CT molecular complexity index is 1110. The lowest BCUT2D eigenvalue weighted by Crippen LogP contribution is -2.43. The number of aliphatic hydroxyl groups is 1. The van der Waals surface area contributed by atoms with Crippen LogP contribution in [0.15, 0.2) is 59.5 Å². The van der Waals surface area contributed by atoms with Crippen molar-refractivity contribution in [2.45, 2.75) is 49.3 Å². The van der Waals surface area contributed by atoms with Gasteiger partial charge in [-0.2, -0.15) is 4.31 Å². The summed E-state index contributed by atoms with van der Waals surface area (Å²) in [7, 11) is -3.79. The van der Waals surface area contributed by atoms with Crippen molar-refractivity contribution >= 4 is 15.9 Å². The van der Waals surface area contributed by atoms with Gasteiger partial charge >= 0.3 is 0 Å². The summed E-state index contributed by atoms with van der Waals surface area (Å²) in [6.07, 6.45) is 1.24. The van der Waals surface area contributed by atoms with E-state index in [1.165, 1.54) is 16.4 Å². The van der Waals surface area contributed by atoms with E-state index < -0.39 is 21.7 Å². The molecule has 6 nitrogen and oxygen atoms in total. The molecule has 2 bridgehead atoms. The van der Waals surface area contributed by atoms with Crippen LogP contribution >= 0.6 is 0 Å². The minimum Gasteiger partial charge on any atom is -0.391 e. The molecule has 1 heterocycles. The van der Waals surface area contributed by atoms with Gasteiger partial charge in [0.2, 0.25) is 10.0 Å². The molecule has 2 N–H and O–H groups in total. The number of hydrogen-bond acceptors (Lipinski definition) is 4. The number of hydrogen-bond donors (Lipinski definition) is 2. The van der Waals surface area contributed by atoms with Gasteiger partial charge in [-0.15, -0.1) is 0 Å². The Morgan fingerprint density at radius 3 is 2.52 bits per heavy atom. The number of fused-ring (bicyclic) bond motifs is 1. The minimum atomic E-state index is -3.79. The van der Waals surface area contributed by atoms with Crippen molar-refractivity contribution in [2.24, 2.45) is 17.8 Å². The third kappa shape index (κ3) is 3.30. The van der Waals surface area contributed by atoms with Gasteiger partial charge in [-0.3, -0.25) is 4.79 Å². The van der Waals surface area contributed by atoms with Gasteiger partial charge in [-0.05, 0) is 68.2 Å². The lowest BCUT2D eigenvalue weighted by atomic mass is 9.88. The SMILES string of the molecule is CC(C)(NC(=O)c1cccc(S(=O)(=O)N2C[C@@H]3C[C@H]4C[C@H]3[C@H]2[C@H]4O)c1)c1ccccc1. The van der Waals surface area contributed by atoms with E-state index in [4.69, 9.17) is 0 Å². The minimum absolute atomic E-state index is 0.106. The smallest absolute Gasteiger partial charge is 0.251 e. The van der Waals surface area contributed by atoms with Gasteiger partial charge in [0.15, 0.2) is 0 Å². The first-order valence-corrected chi connectivity index (χ1v) is 12.3. The fraction of sp³-hybridized carbons (Fsp3) is 0.458. The summed E-state index contributed by atoms with van der Waals surface area (Å²) in [5, 5.41) is 13.6. The van der Waals surface area contributed by atoms with Gasteiger partial charge < -0.3 is 10.4 Å². The van der Waals surface area contributed by atoms with E-state index in [-0.39, 0.29) is 28.7 Å². The number of carbonyl (C=O) groups excluding carboxylic acids is 1. The summed E-state index contributed by atoms with van der Waals surface area (Å²) in [5.41, 5.74) is 0.659. The Balaban J connectivity index is 1.40. The Labute approximate surface area is 183 Å². The molecule has 164 valence electrons. The summed E-state index contributed by atoms with van der Waals surface area (Å²) in [6.45, 7) is 4.29. The number of benzene rings is 2. The normalized spacial score (nSPS) is 30.0. The number of sulfonamides is 1. The molecule has 31 heavy (non-hydrogen) atoms. The predicted octanol–water partition coefficient (Wildman–Crippen LogP) is 2.74. The molecule has 0 unspecified atom stereocenters.